The standard InChI is InChI=1S/C14H17ClFN5/c15-10-4-1-5-11(16)12(10)13-18-14(20-19-13)21-6-2-3-9(7-17)8-21/h1,4-5,9H,2-3,6-8,17H2,(H,18,19,20). The van der Waals surface area contributed by atoms with Crippen molar-refractivity contribution in [3.05, 3.63) is 29.0 Å². The summed E-state index contributed by atoms with van der Waals surface area (Å²) in [5.74, 6) is 0.965. The number of halogens is 2. The lowest BCUT2D eigenvalue weighted by atomic mass is 9.99. The average molecular weight is 310 g/mol. The molecule has 1 aromatic heterocycles. The topological polar surface area (TPSA) is 70.8 Å². The van der Waals surface area contributed by atoms with Crippen molar-refractivity contribution in [3.63, 3.8) is 0 Å². The van der Waals surface area contributed by atoms with Crippen molar-refractivity contribution >= 4 is 17.5 Å². The number of piperidine rings is 1. The van der Waals surface area contributed by atoms with Crippen LogP contribution in [0, 0.1) is 11.7 Å². The van der Waals surface area contributed by atoms with E-state index >= 15 is 0 Å². The van der Waals surface area contributed by atoms with Crippen molar-refractivity contribution in [3.8, 4) is 11.4 Å². The highest BCUT2D eigenvalue weighted by molar-refractivity contribution is 6.33. The molecule has 3 rings (SSSR count). The Morgan fingerprint density at radius 3 is 3.10 bits per heavy atom. The van der Waals surface area contributed by atoms with Gasteiger partial charge in [-0.25, -0.2) is 4.39 Å². The van der Waals surface area contributed by atoms with Gasteiger partial charge in [-0.15, -0.1) is 5.10 Å². The van der Waals surface area contributed by atoms with E-state index in [9.17, 15) is 4.39 Å². The van der Waals surface area contributed by atoms with Crippen LogP contribution in [-0.4, -0.2) is 34.8 Å². The van der Waals surface area contributed by atoms with Crippen molar-refractivity contribution in [1.29, 1.82) is 0 Å². The summed E-state index contributed by atoms with van der Waals surface area (Å²) in [6.45, 7) is 2.38. The van der Waals surface area contributed by atoms with Gasteiger partial charge in [-0.2, -0.15) is 4.98 Å². The van der Waals surface area contributed by atoms with Gasteiger partial charge in [0.25, 0.3) is 0 Å². The Hall–Kier alpha value is -1.66. The fourth-order valence-electron chi connectivity index (χ4n) is 2.67. The van der Waals surface area contributed by atoms with Crippen LogP contribution in [0.25, 0.3) is 11.4 Å². The van der Waals surface area contributed by atoms with E-state index in [4.69, 9.17) is 17.3 Å². The van der Waals surface area contributed by atoms with Gasteiger partial charge in [-0.05, 0) is 37.4 Å². The molecule has 3 N–H and O–H groups in total. The highest BCUT2D eigenvalue weighted by atomic mass is 35.5. The zero-order chi connectivity index (χ0) is 14.8. The SMILES string of the molecule is NCC1CCCN(c2n[nH]c(-c3c(F)cccc3Cl)n2)C1. The molecule has 7 heteroatoms. The number of anilines is 1. The molecule has 2 aromatic rings. The first kappa shape index (κ1) is 14.3. The number of aromatic amines is 1. The molecule has 21 heavy (non-hydrogen) atoms. The van der Waals surface area contributed by atoms with Gasteiger partial charge < -0.3 is 10.6 Å². The van der Waals surface area contributed by atoms with E-state index in [0.717, 1.165) is 25.9 Å². The Balaban J connectivity index is 1.86. The lowest BCUT2D eigenvalue weighted by Crippen LogP contribution is -2.38. The maximum Gasteiger partial charge on any atom is 0.245 e. The molecule has 1 aromatic carbocycles. The summed E-state index contributed by atoms with van der Waals surface area (Å²) < 4.78 is 13.9. The van der Waals surface area contributed by atoms with Crippen molar-refractivity contribution in [1.82, 2.24) is 15.2 Å². The molecular weight excluding hydrogens is 293 g/mol. The van der Waals surface area contributed by atoms with Gasteiger partial charge in [0, 0.05) is 13.1 Å². The number of aromatic nitrogens is 3. The molecular formula is C14H17ClFN5. The minimum Gasteiger partial charge on any atom is -0.339 e. The van der Waals surface area contributed by atoms with Crippen LogP contribution >= 0.6 is 11.6 Å². The summed E-state index contributed by atoms with van der Waals surface area (Å²) in [5.41, 5.74) is 5.99. The van der Waals surface area contributed by atoms with Crippen molar-refractivity contribution in [2.24, 2.45) is 11.7 Å². The maximum atomic E-state index is 13.9. The fourth-order valence-corrected chi connectivity index (χ4v) is 2.92. The molecule has 1 atom stereocenters. The summed E-state index contributed by atoms with van der Waals surface area (Å²) in [5, 5.41) is 7.28. The van der Waals surface area contributed by atoms with Gasteiger partial charge in [0.15, 0.2) is 5.82 Å². The first-order chi connectivity index (χ1) is 10.2. The highest BCUT2D eigenvalue weighted by Gasteiger charge is 2.23. The van der Waals surface area contributed by atoms with Crippen LogP contribution in [0.15, 0.2) is 18.2 Å². The van der Waals surface area contributed by atoms with Crippen molar-refractivity contribution in [2.45, 2.75) is 12.8 Å². The van der Waals surface area contributed by atoms with Crippen LogP contribution in [0.1, 0.15) is 12.8 Å². The van der Waals surface area contributed by atoms with E-state index in [0.29, 0.717) is 29.3 Å². The monoisotopic (exact) mass is 309 g/mol. The second-order valence-electron chi connectivity index (χ2n) is 5.27. The number of H-pyrrole nitrogens is 1. The molecule has 0 spiro atoms. The van der Waals surface area contributed by atoms with Crippen LogP contribution in [0.4, 0.5) is 10.3 Å². The molecule has 0 aliphatic carbocycles. The van der Waals surface area contributed by atoms with Gasteiger partial charge in [0.1, 0.15) is 5.82 Å². The van der Waals surface area contributed by atoms with E-state index in [-0.39, 0.29) is 5.56 Å². The maximum absolute atomic E-state index is 13.9. The van der Waals surface area contributed by atoms with Gasteiger partial charge in [-0.3, -0.25) is 5.10 Å². The molecule has 1 unspecified atom stereocenters. The molecule has 0 amide bonds. The van der Waals surface area contributed by atoms with Gasteiger partial charge in [0.2, 0.25) is 5.95 Å². The largest absolute Gasteiger partial charge is 0.339 e. The lowest BCUT2D eigenvalue weighted by Gasteiger charge is -2.31. The smallest absolute Gasteiger partial charge is 0.245 e. The fraction of sp³-hybridized carbons (Fsp3) is 0.429. The van der Waals surface area contributed by atoms with E-state index < -0.39 is 5.82 Å². The predicted molar refractivity (Wildman–Crippen MR) is 80.8 cm³/mol. The summed E-state index contributed by atoms with van der Waals surface area (Å²) >= 11 is 6.05. The third-order valence-corrected chi connectivity index (χ3v) is 4.12. The molecule has 0 saturated carbocycles. The summed E-state index contributed by atoms with van der Waals surface area (Å²) in [6, 6.07) is 4.55. The summed E-state index contributed by atoms with van der Waals surface area (Å²) in [7, 11) is 0. The van der Waals surface area contributed by atoms with Crippen LogP contribution in [-0.2, 0) is 0 Å². The first-order valence-electron chi connectivity index (χ1n) is 7.01. The molecule has 112 valence electrons. The number of nitrogens with one attached hydrogen (secondary N) is 1. The molecule has 0 radical (unpaired) electrons. The minimum atomic E-state index is -0.413. The number of hydrogen-bond acceptors (Lipinski definition) is 4. The first-order valence-corrected chi connectivity index (χ1v) is 7.38. The second-order valence-corrected chi connectivity index (χ2v) is 5.68. The quantitative estimate of drug-likeness (QED) is 0.913. The van der Waals surface area contributed by atoms with E-state index in [1.165, 1.54) is 6.07 Å². The summed E-state index contributed by atoms with van der Waals surface area (Å²) in [6.07, 6.45) is 2.19. The van der Waals surface area contributed by atoms with Gasteiger partial charge in [0.05, 0.1) is 10.6 Å². The molecule has 1 saturated heterocycles. The predicted octanol–water partition coefficient (Wildman–Crippen LogP) is 2.44. The van der Waals surface area contributed by atoms with E-state index in [2.05, 4.69) is 20.1 Å². The number of nitrogens with zero attached hydrogens (tertiary/aromatic N) is 3. The van der Waals surface area contributed by atoms with Gasteiger partial charge in [-0.1, -0.05) is 17.7 Å². The Morgan fingerprint density at radius 1 is 1.48 bits per heavy atom. The van der Waals surface area contributed by atoms with Crippen molar-refractivity contribution < 1.29 is 4.39 Å². The van der Waals surface area contributed by atoms with E-state index in [1.54, 1.807) is 12.1 Å². The van der Waals surface area contributed by atoms with E-state index in [1.807, 2.05) is 0 Å². The van der Waals surface area contributed by atoms with Gasteiger partial charge >= 0.3 is 0 Å². The molecule has 1 aliphatic heterocycles. The Bertz CT molecular complexity index is 609. The van der Waals surface area contributed by atoms with Crippen LogP contribution in [0.5, 0.6) is 0 Å². The van der Waals surface area contributed by atoms with Crippen LogP contribution < -0.4 is 10.6 Å². The van der Waals surface area contributed by atoms with Crippen molar-refractivity contribution in [2.75, 3.05) is 24.5 Å². The Morgan fingerprint density at radius 2 is 2.33 bits per heavy atom. The van der Waals surface area contributed by atoms with Crippen LogP contribution in [0.2, 0.25) is 5.02 Å². The third kappa shape index (κ3) is 2.87. The molecule has 0 bridgehead atoms. The number of rotatable bonds is 3. The highest BCUT2D eigenvalue weighted by Crippen LogP contribution is 2.29. The second kappa shape index (κ2) is 5.99. The third-order valence-electron chi connectivity index (χ3n) is 3.81. The number of nitrogens with two attached hydrogens (primary N) is 1. The zero-order valence-corrected chi connectivity index (χ0v) is 12.3. The molecule has 5 nitrogen and oxygen atoms in total. The molecule has 1 aliphatic rings. The normalized spacial score (nSPS) is 19.0. The molecule has 2 heterocycles. The number of hydrogen-bond donors (Lipinski definition) is 2. The Labute approximate surface area is 127 Å². The average Bonchev–Trinajstić information content (AvgIpc) is 2.97. The Kier molecular flexibility index (Phi) is 4.07. The number of benzene rings is 1. The molecule has 1 fully saturated rings. The minimum absolute atomic E-state index is 0.255. The zero-order valence-electron chi connectivity index (χ0n) is 11.5. The van der Waals surface area contributed by atoms with Crippen LogP contribution in [0.3, 0.4) is 0 Å². The lowest BCUT2D eigenvalue weighted by molar-refractivity contribution is 0.420. The summed E-state index contributed by atoms with van der Waals surface area (Å²) in [4.78, 5) is 6.47.